The third kappa shape index (κ3) is 6.67. The lowest BCUT2D eigenvalue weighted by atomic mass is 10.1. The monoisotopic (exact) mass is 429 g/mol. The summed E-state index contributed by atoms with van der Waals surface area (Å²) in [5, 5.41) is 5.87. The summed E-state index contributed by atoms with van der Waals surface area (Å²) < 4.78 is 24.6. The predicted molar refractivity (Wildman–Crippen MR) is 117 cm³/mol. The van der Waals surface area contributed by atoms with Crippen LogP contribution in [0.1, 0.15) is 47.3 Å². The molecule has 8 heteroatoms. The zero-order valence-electron chi connectivity index (χ0n) is 17.1. The van der Waals surface area contributed by atoms with Crippen LogP contribution in [0.2, 0.25) is 0 Å². The largest absolute Gasteiger partial charge is 0.346 e. The highest BCUT2D eigenvalue weighted by Crippen LogP contribution is 2.30. The molecule has 30 heavy (non-hydrogen) atoms. The van der Waals surface area contributed by atoms with Gasteiger partial charge in [0.25, 0.3) is 5.91 Å². The second-order valence-corrected chi connectivity index (χ2v) is 9.53. The number of amides is 2. The maximum Gasteiger partial charge on any atom is 0.251 e. The lowest BCUT2D eigenvalue weighted by Crippen LogP contribution is -2.26. The van der Waals surface area contributed by atoms with E-state index in [9.17, 15) is 18.0 Å². The number of benzene rings is 2. The van der Waals surface area contributed by atoms with Crippen LogP contribution in [0.25, 0.3) is 0 Å². The van der Waals surface area contributed by atoms with Gasteiger partial charge in [-0.1, -0.05) is 24.3 Å². The maximum atomic E-state index is 12.5. The molecule has 2 amide bonds. The van der Waals surface area contributed by atoms with E-state index < -0.39 is 10.0 Å². The highest BCUT2D eigenvalue weighted by atomic mass is 32.2. The number of anilines is 1. The van der Waals surface area contributed by atoms with Crippen molar-refractivity contribution in [3.63, 3.8) is 0 Å². The average Bonchev–Trinajstić information content (AvgIpc) is 3.53. The fourth-order valence-corrected chi connectivity index (χ4v) is 3.48. The first-order chi connectivity index (χ1) is 14.2. The quantitative estimate of drug-likeness (QED) is 0.570. The average molecular weight is 430 g/mol. The lowest BCUT2D eigenvalue weighted by Gasteiger charge is -2.15. The summed E-state index contributed by atoms with van der Waals surface area (Å²) in [6, 6.07) is 14.4. The van der Waals surface area contributed by atoms with E-state index in [0.29, 0.717) is 18.5 Å². The molecule has 1 fully saturated rings. The Bertz CT molecular complexity index is 998. The molecule has 0 aliphatic heterocycles. The van der Waals surface area contributed by atoms with Crippen molar-refractivity contribution in [1.82, 2.24) is 10.0 Å². The maximum absolute atomic E-state index is 12.5. The molecule has 1 saturated carbocycles. The van der Waals surface area contributed by atoms with Crippen molar-refractivity contribution in [2.75, 3.05) is 18.1 Å². The van der Waals surface area contributed by atoms with Crippen molar-refractivity contribution in [2.45, 2.75) is 32.2 Å². The van der Waals surface area contributed by atoms with Gasteiger partial charge in [-0.15, -0.1) is 0 Å². The van der Waals surface area contributed by atoms with Gasteiger partial charge in [-0.05, 0) is 61.6 Å². The van der Waals surface area contributed by atoms with Crippen molar-refractivity contribution in [3.8, 4) is 0 Å². The molecule has 0 heterocycles. The summed E-state index contributed by atoms with van der Waals surface area (Å²) >= 11 is 0. The Kier molecular flexibility index (Phi) is 6.89. The van der Waals surface area contributed by atoms with Crippen molar-refractivity contribution in [2.24, 2.45) is 5.92 Å². The Morgan fingerprint density at radius 3 is 2.23 bits per heavy atom. The molecule has 2 aromatic carbocycles. The zero-order chi connectivity index (χ0) is 21.7. The van der Waals surface area contributed by atoms with E-state index in [4.69, 9.17) is 0 Å². The van der Waals surface area contributed by atoms with Crippen molar-refractivity contribution in [3.05, 3.63) is 65.2 Å². The van der Waals surface area contributed by atoms with Gasteiger partial charge in [-0.25, -0.2) is 13.1 Å². The number of sulfonamides is 1. The molecule has 7 nitrogen and oxygen atoms in total. The number of carbonyl (C=O) groups is 2. The zero-order valence-corrected chi connectivity index (χ0v) is 18.0. The van der Waals surface area contributed by atoms with Crippen LogP contribution in [-0.4, -0.2) is 33.0 Å². The Balaban J connectivity index is 1.51. The molecule has 0 bridgehead atoms. The van der Waals surface area contributed by atoms with Crippen LogP contribution >= 0.6 is 0 Å². The second-order valence-electron chi connectivity index (χ2n) is 7.69. The van der Waals surface area contributed by atoms with Gasteiger partial charge in [0.15, 0.2) is 0 Å². The van der Waals surface area contributed by atoms with Crippen molar-refractivity contribution >= 4 is 27.5 Å². The van der Waals surface area contributed by atoms with E-state index in [2.05, 4.69) is 15.4 Å². The number of hydrogen-bond donors (Lipinski definition) is 3. The lowest BCUT2D eigenvalue weighted by molar-refractivity contribution is -0.117. The molecule has 160 valence electrons. The third-order valence-corrected chi connectivity index (χ3v) is 5.70. The van der Waals surface area contributed by atoms with Crippen LogP contribution in [0, 0.1) is 5.92 Å². The van der Waals surface area contributed by atoms with Gasteiger partial charge in [0.05, 0.1) is 12.3 Å². The SMILES string of the molecule is C[C@H](NC(=O)c1ccc(CCNS(C)(=O)=O)cc1)c1ccc(NC(=O)C2CC2)cc1. The molecule has 0 saturated heterocycles. The highest BCUT2D eigenvalue weighted by Gasteiger charge is 2.29. The van der Waals surface area contributed by atoms with Gasteiger partial charge in [0.1, 0.15) is 0 Å². The summed E-state index contributed by atoms with van der Waals surface area (Å²) in [4.78, 5) is 24.3. The Morgan fingerprint density at radius 2 is 1.67 bits per heavy atom. The predicted octanol–water partition coefficient (Wildman–Crippen LogP) is 2.62. The van der Waals surface area contributed by atoms with Gasteiger partial charge >= 0.3 is 0 Å². The Labute approximate surface area is 177 Å². The molecule has 0 radical (unpaired) electrons. The van der Waals surface area contributed by atoms with Gasteiger partial charge in [0, 0.05) is 23.7 Å². The van der Waals surface area contributed by atoms with Crippen molar-refractivity contribution < 1.29 is 18.0 Å². The summed E-state index contributed by atoms with van der Waals surface area (Å²) in [5.74, 6) is 0.0410. The molecule has 0 aromatic heterocycles. The first kappa shape index (κ1) is 22.0. The molecular formula is C22H27N3O4S. The van der Waals surface area contributed by atoms with E-state index in [1.54, 1.807) is 12.1 Å². The summed E-state index contributed by atoms with van der Waals surface area (Å²) in [6.45, 7) is 2.22. The van der Waals surface area contributed by atoms with Crippen molar-refractivity contribution in [1.29, 1.82) is 0 Å². The first-order valence-electron chi connectivity index (χ1n) is 9.96. The van der Waals surface area contributed by atoms with Crippen LogP contribution < -0.4 is 15.4 Å². The number of hydrogen-bond acceptors (Lipinski definition) is 4. The normalized spacial score (nSPS) is 14.7. The van der Waals surface area contributed by atoms with Gasteiger partial charge in [-0.2, -0.15) is 0 Å². The van der Waals surface area contributed by atoms with Gasteiger partial charge in [-0.3, -0.25) is 9.59 Å². The van der Waals surface area contributed by atoms with E-state index in [-0.39, 0.29) is 23.8 Å². The Hall–Kier alpha value is -2.71. The van der Waals surface area contributed by atoms with Crippen LogP contribution in [0.5, 0.6) is 0 Å². The van der Waals surface area contributed by atoms with Crippen LogP contribution in [-0.2, 0) is 21.2 Å². The minimum atomic E-state index is -3.20. The Morgan fingerprint density at radius 1 is 1.03 bits per heavy atom. The minimum absolute atomic E-state index is 0.0691. The molecule has 1 atom stereocenters. The van der Waals surface area contributed by atoms with Gasteiger partial charge in [0.2, 0.25) is 15.9 Å². The fourth-order valence-electron chi connectivity index (χ4n) is 3.01. The van der Waals surface area contributed by atoms with E-state index in [0.717, 1.165) is 35.9 Å². The molecule has 1 aliphatic rings. The van der Waals surface area contributed by atoms with Crippen LogP contribution in [0.4, 0.5) is 5.69 Å². The number of carbonyl (C=O) groups excluding carboxylic acids is 2. The highest BCUT2D eigenvalue weighted by molar-refractivity contribution is 7.88. The number of nitrogens with one attached hydrogen (secondary N) is 3. The second kappa shape index (κ2) is 9.40. The molecule has 0 spiro atoms. The minimum Gasteiger partial charge on any atom is -0.346 e. The summed E-state index contributed by atoms with van der Waals surface area (Å²) in [6.07, 6.45) is 3.60. The van der Waals surface area contributed by atoms with Crippen LogP contribution in [0.3, 0.4) is 0 Å². The van der Waals surface area contributed by atoms with E-state index in [1.807, 2.05) is 43.3 Å². The van der Waals surface area contributed by atoms with Crippen LogP contribution in [0.15, 0.2) is 48.5 Å². The molecular weight excluding hydrogens is 402 g/mol. The topological polar surface area (TPSA) is 104 Å². The first-order valence-corrected chi connectivity index (χ1v) is 11.9. The molecule has 3 rings (SSSR count). The number of rotatable bonds is 9. The van der Waals surface area contributed by atoms with E-state index >= 15 is 0 Å². The molecule has 3 N–H and O–H groups in total. The standard InChI is InChI=1S/C22H27N3O4S/c1-15(17-9-11-20(12-10-17)25-22(27)19-7-8-19)24-21(26)18-5-3-16(4-6-18)13-14-23-30(2,28)29/h3-6,9-12,15,19,23H,7-8,13-14H2,1-2H3,(H,24,26)(H,25,27)/t15-/m0/s1. The molecule has 0 unspecified atom stereocenters. The molecule has 2 aromatic rings. The summed E-state index contributed by atoms with van der Waals surface area (Å²) in [5.41, 5.74) is 3.18. The third-order valence-electron chi connectivity index (χ3n) is 4.97. The van der Waals surface area contributed by atoms with Gasteiger partial charge < -0.3 is 10.6 Å². The van der Waals surface area contributed by atoms with E-state index in [1.165, 1.54) is 0 Å². The smallest absolute Gasteiger partial charge is 0.251 e. The summed E-state index contributed by atoms with van der Waals surface area (Å²) in [7, 11) is -3.20. The molecule has 1 aliphatic carbocycles. The fraction of sp³-hybridized carbons (Fsp3) is 0.364.